The molecule has 0 aliphatic heterocycles. The monoisotopic (exact) mass is 322 g/mol. The van der Waals surface area contributed by atoms with Crippen molar-refractivity contribution >= 4 is 8.56 Å². The highest BCUT2D eigenvalue weighted by Gasteiger charge is 2.36. The van der Waals surface area contributed by atoms with Crippen molar-refractivity contribution in [2.75, 3.05) is 6.61 Å². The Morgan fingerprint density at radius 2 is 1.64 bits per heavy atom. The number of para-hydroxylation sites is 1. The zero-order valence-electron chi connectivity index (χ0n) is 15.3. The van der Waals surface area contributed by atoms with Gasteiger partial charge in [-0.3, -0.25) is 0 Å². The zero-order chi connectivity index (χ0) is 16.6. The summed E-state index contributed by atoms with van der Waals surface area (Å²) in [5, 5.41) is 0. The molecule has 0 N–H and O–H groups in total. The second-order valence-corrected chi connectivity index (χ2v) is 10.5. The standard InChI is InChI=1S/C19H34O2Si/c1-7-22(8-2,20-15-11-12-16(3)4)21-19-14-10-9-13-18(19)17(5)6/h9-10,13-14,16-17H,7-8,11-12,15H2,1-6H3. The summed E-state index contributed by atoms with van der Waals surface area (Å²) < 4.78 is 12.9. The minimum atomic E-state index is -2.13. The molecule has 1 aromatic carbocycles. The number of hydrogen-bond acceptors (Lipinski definition) is 2. The molecular formula is C19H34O2Si. The van der Waals surface area contributed by atoms with E-state index in [1.165, 1.54) is 12.0 Å². The van der Waals surface area contributed by atoms with Crippen LogP contribution in [-0.4, -0.2) is 15.2 Å². The number of hydrogen-bond donors (Lipinski definition) is 0. The Balaban J connectivity index is 2.78. The van der Waals surface area contributed by atoms with Gasteiger partial charge < -0.3 is 8.85 Å². The van der Waals surface area contributed by atoms with Crippen LogP contribution in [0.2, 0.25) is 12.1 Å². The van der Waals surface area contributed by atoms with Crippen LogP contribution in [0.3, 0.4) is 0 Å². The fourth-order valence-electron chi connectivity index (χ4n) is 2.63. The van der Waals surface area contributed by atoms with Gasteiger partial charge >= 0.3 is 8.56 Å². The molecule has 0 unspecified atom stereocenters. The smallest absolute Gasteiger partial charge is 0.398 e. The Hall–Kier alpha value is -0.803. The van der Waals surface area contributed by atoms with Gasteiger partial charge in [-0.25, -0.2) is 0 Å². The van der Waals surface area contributed by atoms with E-state index in [1.54, 1.807) is 0 Å². The Bertz CT molecular complexity index is 425. The summed E-state index contributed by atoms with van der Waals surface area (Å²) in [5.74, 6) is 2.24. The molecule has 0 amide bonds. The topological polar surface area (TPSA) is 18.5 Å². The van der Waals surface area contributed by atoms with E-state index in [2.05, 4.69) is 65.8 Å². The molecule has 126 valence electrons. The van der Waals surface area contributed by atoms with Crippen LogP contribution in [0.4, 0.5) is 0 Å². The van der Waals surface area contributed by atoms with Crippen molar-refractivity contribution in [2.45, 2.75) is 72.4 Å². The van der Waals surface area contributed by atoms with Crippen LogP contribution < -0.4 is 4.43 Å². The first-order chi connectivity index (χ1) is 10.4. The maximum Gasteiger partial charge on any atom is 0.398 e. The Morgan fingerprint density at radius 1 is 1.00 bits per heavy atom. The van der Waals surface area contributed by atoms with Crippen LogP contribution in [0, 0.1) is 5.92 Å². The number of benzene rings is 1. The van der Waals surface area contributed by atoms with Gasteiger partial charge in [0, 0.05) is 6.61 Å². The molecule has 22 heavy (non-hydrogen) atoms. The van der Waals surface area contributed by atoms with Crippen molar-refractivity contribution in [1.29, 1.82) is 0 Å². The highest BCUT2D eigenvalue weighted by Crippen LogP contribution is 2.31. The molecule has 0 saturated heterocycles. The second-order valence-electron chi connectivity index (χ2n) is 6.80. The fraction of sp³-hybridized carbons (Fsp3) is 0.684. The molecule has 0 aromatic heterocycles. The SMILES string of the molecule is CC[Si](CC)(OCCCC(C)C)Oc1ccccc1C(C)C. The molecule has 0 radical (unpaired) electrons. The van der Waals surface area contributed by atoms with Gasteiger partial charge in [-0.15, -0.1) is 0 Å². The highest BCUT2D eigenvalue weighted by molar-refractivity contribution is 6.68. The van der Waals surface area contributed by atoms with Gasteiger partial charge in [-0.2, -0.15) is 0 Å². The maximum absolute atomic E-state index is 6.52. The summed E-state index contributed by atoms with van der Waals surface area (Å²) in [7, 11) is -2.13. The molecule has 0 aliphatic rings. The second kappa shape index (κ2) is 9.36. The van der Waals surface area contributed by atoms with Crippen LogP contribution in [0.1, 0.15) is 65.9 Å². The van der Waals surface area contributed by atoms with Gasteiger partial charge in [0.15, 0.2) is 0 Å². The van der Waals surface area contributed by atoms with Crippen molar-refractivity contribution in [2.24, 2.45) is 5.92 Å². The van der Waals surface area contributed by atoms with Crippen LogP contribution in [0.5, 0.6) is 5.75 Å². The van der Waals surface area contributed by atoms with Gasteiger partial charge in [-0.05, 0) is 48.4 Å². The lowest BCUT2D eigenvalue weighted by Crippen LogP contribution is -2.44. The van der Waals surface area contributed by atoms with E-state index in [0.29, 0.717) is 5.92 Å². The van der Waals surface area contributed by atoms with Gasteiger partial charge in [0.2, 0.25) is 0 Å². The third kappa shape index (κ3) is 5.77. The molecule has 0 aliphatic carbocycles. The predicted octanol–water partition coefficient (Wildman–Crippen LogP) is 6.12. The molecule has 0 saturated carbocycles. The normalized spacial score (nSPS) is 12.2. The summed E-state index contributed by atoms with van der Waals surface area (Å²) in [6.07, 6.45) is 2.35. The van der Waals surface area contributed by atoms with Gasteiger partial charge in [0.25, 0.3) is 0 Å². The van der Waals surface area contributed by atoms with E-state index in [9.17, 15) is 0 Å². The lowest BCUT2D eigenvalue weighted by molar-refractivity contribution is 0.226. The third-order valence-corrected chi connectivity index (χ3v) is 7.68. The maximum atomic E-state index is 6.52. The average molecular weight is 323 g/mol. The third-order valence-electron chi connectivity index (χ3n) is 4.21. The largest absolute Gasteiger partial charge is 0.520 e. The van der Waals surface area contributed by atoms with Crippen molar-refractivity contribution in [3.63, 3.8) is 0 Å². The molecule has 1 aromatic rings. The van der Waals surface area contributed by atoms with Crippen molar-refractivity contribution in [1.82, 2.24) is 0 Å². The first kappa shape index (κ1) is 19.2. The Labute approximate surface area is 138 Å². The van der Waals surface area contributed by atoms with Gasteiger partial charge in [0.05, 0.1) is 0 Å². The molecule has 0 spiro atoms. The average Bonchev–Trinajstić information content (AvgIpc) is 2.50. The molecule has 0 fully saturated rings. The van der Waals surface area contributed by atoms with Crippen LogP contribution in [0.15, 0.2) is 24.3 Å². The molecule has 2 nitrogen and oxygen atoms in total. The lowest BCUT2D eigenvalue weighted by atomic mass is 10.0. The van der Waals surface area contributed by atoms with Gasteiger partial charge in [-0.1, -0.05) is 59.7 Å². The van der Waals surface area contributed by atoms with E-state index < -0.39 is 8.56 Å². The molecule has 0 bridgehead atoms. The highest BCUT2D eigenvalue weighted by atomic mass is 28.4. The Kier molecular flexibility index (Phi) is 8.19. The van der Waals surface area contributed by atoms with E-state index in [0.717, 1.165) is 36.8 Å². The van der Waals surface area contributed by atoms with Crippen molar-refractivity contribution in [3.8, 4) is 5.75 Å². The summed E-state index contributed by atoms with van der Waals surface area (Å²) in [4.78, 5) is 0. The molecule has 0 atom stereocenters. The zero-order valence-corrected chi connectivity index (χ0v) is 16.3. The summed E-state index contributed by atoms with van der Waals surface area (Å²) >= 11 is 0. The lowest BCUT2D eigenvalue weighted by Gasteiger charge is -2.31. The van der Waals surface area contributed by atoms with Gasteiger partial charge in [0.1, 0.15) is 5.75 Å². The predicted molar refractivity (Wildman–Crippen MR) is 97.9 cm³/mol. The van der Waals surface area contributed by atoms with Crippen molar-refractivity contribution in [3.05, 3.63) is 29.8 Å². The van der Waals surface area contributed by atoms with E-state index >= 15 is 0 Å². The first-order valence-corrected chi connectivity index (χ1v) is 11.1. The van der Waals surface area contributed by atoms with E-state index in [-0.39, 0.29) is 0 Å². The quantitative estimate of drug-likeness (QED) is 0.381. The minimum absolute atomic E-state index is 0.470. The minimum Gasteiger partial charge on any atom is -0.520 e. The molecule has 3 heteroatoms. The van der Waals surface area contributed by atoms with Crippen LogP contribution in [0.25, 0.3) is 0 Å². The van der Waals surface area contributed by atoms with Crippen LogP contribution in [-0.2, 0) is 4.43 Å². The molecule has 0 heterocycles. The molecule has 1 rings (SSSR count). The van der Waals surface area contributed by atoms with Crippen LogP contribution >= 0.6 is 0 Å². The fourth-order valence-corrected chi connectivity index (χ4v) is 4.99. The van der Waals surface area contributed by atoms with Crippen molar-refractivity contribution < 1.29 is 8.85 Å². The Morgan fingerprint density at radius 3 is 2.18 bits per heavy atom. The van der Waals surface area contributed by atoms with E-state index in [1.807, 2.05) is 0 Å². The molecular weight excluding hydrogens is 288 g/mol. The van der Waals surface area contributed by atoms with E-state index in [4.69, 9.17) is 8.85 Å². The first-order valence-electron chi connectivity index (χ1n) is 8.86. The summed E-state index contributed by atoms with van der Waals surface area (Å²) in [6, 6.07) is 10.4. The summed E-state index contributed by atoms with van der Waals surface area (Å²) in [6.45, 7) is 14.2. The number of rotatable bonds is 10. The summed E-state index contributed by atoms with van der Waals surface area (Å²) in [5.41, 5.74) is 1.28.